The van der Waals surface area contributed by atoms with Crippen molar-refractivity contribution in [1.82, 2.24) is 4.90 Å². The van der Waals surface area contributed by atoms with E-state index >= 15 is 0 Å². The van der Waals surface area contributed by atoms with Gasteiger partial charge in [0.1, 0.15) is 0 Å². The molecule has 0 bridgehead atoms. The Balaban J connectivity index is 1.17. The number of nitrogens with zero attached hydrogens (tertiary/aromatic N) is 2. The normalized spacial score (nSPS) is 24.4. The quantitative estimate of drug-likeness (QED) is 0.374. The Morgan fingerprint density at radius 1 is 0.800 bits per heavy atom. The van der Waals surface area contributed by atoms with Gasteiger partial charge < -0.3 is 9.80 Å². The molecule has 2 aromatic carbocycles. The Morgan fingerprint density at radius 3 is 2.55 bits per heavy atom. The number of hydrogen-bond acceptors (Lipinski definition) is 3. The highest BCUT2D eigenvalue weighted by molar-refractivity contribution is 8.03. The second-order valence-electron chi connectivity index (χ2n) is 11.4. The third kappa shape index (κ3) is 4.19. The van der Waals surface area contributed by atoms with Gasteiger partial charge in [-0.25, -0.2) is 0 Å². The summed E-state index contributed by atoms with van der Waals surface area (Å²) in [6.45, 7) is 0. The molecule has 0 N–H and O–H groups in total. The molecule has 0 saturated heterocycles. The van der Waals surface area contributed by atoms with Gasteiger partial charge in [0.25, 0.3) is 0 Å². The summed E-state index contributed by atoms with van der Waals surface area (Å²) in [4.78, 5) is 7.80. The van der Waals surface area contributed by atoms with Crippen molar-refractivity contribution in [2.45, 2.75) is 49.8 Å². The smallest absolute Gasteiger partial charge is 0.0601 e. The molecule has 1 aliphatic heterocycles. The summed E-state index contributed by atoms with van der Waals surface area (Å²) in [6, 6.07) is 18.0. The van der Waals surface area contributed by atoms with Gasteiger partial charge in [0, 0.05) is 38.5 Å². The lowest BCUT2D eigenvalue weighted by atomic mass is 9.93. The summed E-state index contributed by atoms with van der Waals surface area (Å²) in [6.07, 6.45) is 31.6. The summed E-state index contributed by atoms with van der Waals surface area (Å²) < 4.78 is 0. The largest absolute Gasteiger partial charge is 0.318 e. The Kier molecular flexibility index (Phi) is 6.06. The fraction of sp³-hybridized carbons (Fsp3) is 0.243. The van der Waals surface area contributed by atoms with Crippen LogP contribution in [-0.4, -0.2) is 4.90 Å². The van der Waals surface area contributed by atoms with E-state index < -0.39 is 0 Å². The van der Waals surface area contributed by atoms with Crippen molar-refractivity contribution < 1.29 is 0 Å². The second kappa shape index (κ2) is 10.1. The van der Waals surface area contributed by atoms with Crippen molar-refractivity contribution in [2.75, 3.05) is 4.90 Å². The molecule has 0 aromatic heterocycles. The fourth-order valence-corrected chi connectivity index (χ4v) is 8.03. The summed E-state index contributed by atoms with van der Waals surface area (Å²) in [7, 11) is 0. The van der Waals surface area contributed by atoms with Gasteiger partial charge in [-0.15, -0.1) is 0 Å². The Bertz CT molecular complexity index is 1610. The van der Waals surface area contributed by atoms with Crippen LogP contribution in [0.1, 0.15) is 50.5 Å². The van der Waals surface area contributed by atoms with Gasteiger partial charge in [0.15, 0.2) is 0 Å². The molecule has 8 rings (SSSR count). The van der Waals surface area contributed by atoms with Crippen LogP contribution in [0.3, 0.4) is 0 Å². The Hall–Kier alpha value is -3.69. The predicted octanol–water partition coefficient (Wildman–Crippen LogP) is 10.2. The zero-order valence-corrected chi connectivity index (χ0v) is 23.6. The first kappa shape index (κ1) is 24.1. The van der Waals surface area contributed by atoms with Crippen LogP contribution in [0.15, 0.2) is 142 Å². The van der Waals surface area contributed by atoms with Crippen molar-refractivity contribution in [3.05, 3.63) is 143 Å². The number of rotatable bonds is 5. The van der Waals surface area contributed by atoms with Gasteiger partial charge in [-0.05, 0) is 104 Å². The molecule has 5 aliphatic carbocycles. The average Bonchev–Trinajstić information content (AvgIpc) is 3.83. The van der Waals surface area contributed by atoms with E-state index in [2.05, 4.69) is 119 Å². The maximum absolute atomic E-state index is 2.58. The molecule has 3 heteroatoms. The summed E-state index contributed by atoms with van der Waals surface area (Å²) in [5.74, 6) is 1.21. The minimum atomic E-state index is 0.600. The number of benzene rings is 2. The van der Waals surface area contributed by atoms with Gasteiger partial charge in [-0.2, -0.15) is 0 Å². The molecule has 1 fully saturated rings. The molecule has 198 valence electrons. The van der Waals surface area contributed by atoms with E-state index in [1.807, 2.05) is 11.8 Å². The number of thioether (sulfide) groups is 1. The molecule has 0 radical (unpaired) electrons. The molecule has 6 aliphatic rings. The van der Waals surface area contributed by atoms with Crippen LogP contribution in [0.5, 0.6) is 0 Å². The van der Waals surface area contributed by atoms with Crippen molar-refractivity contribution in [2.24, 2.45) is 11.8 Å². The molecule has 0 spiro atoms. The highest BCUT2D eigenvalue weighted by atomic mass is 32.2. The second-order valence-corrected chi connectivity index (χ2v) is 12.5. The van der Waals surface area contributed by atoms with Crippen LogP contribution >= 0.6 is 11.8 Å². The maximum Gasteiger partial charge on any atom is 0.0601 e. The first-order valence-corrected chi connectivity index (χ1v) is 15.7. The SMILES string of the molecule is C1=CCCC(N(C2=CCCC=C2)C2=CC=C(c3ccc4c(c3)SC3=CCCC=C3N4c3ccccc3)C3CC23)=C1. The van der Waals surface area contributed by atoms with Crippen LogP contribution in [0.2, 0.25) is 0 Å². The lowest BCUT2D eigenvalue weighted by Crippen LogP contribution is -2.25. The molecule has 0 amide bonds. The molecule has 2 aromatic rings. The molecule has 2 atom stereocenters. The van der Waals surface area contributed by atoms with E-state index in [0.717, 1.165) is 38.5 Å². The number of para-hydroxylation sites is 1. The minimum Gasteiger partial charge on any atom is -0.318 e. The van der Waals surface area contributed by atoms with Crippen LogP contribution in [0.25, 0.3) is 5.57 Å². The van der Waals surface area contributed by atoms with E-state index in [-0.39, 0.29) is 0 Å². The third-order valence-corrected chi connectivity index (χ3v) is 10.0. The number of fused-ring (bicyclic) bond motifs is 3. The van der Waals surface area contributed by atoms with Crippen molar-refractivity contribution >= 4 is 28.7 Å². The Morgan fingerprint density at radius 2 is 1.70 bits per heavy atom. The molecule has 1 saturated carbocycles. The standard InChI is InChI=1S/C37H34N2S/c1-4-12-27(13-5-1)38(28-14-6-2-7-15-28)33-23-21-30(31-25-32(31)33)26-20-22-35-37(24-26)40-36-19-11-10-18-34(36)39(35)29-16-8-3-9-17-29/h1,3-4,6,8-9,12,14-24,31-32H,2,5,7,10-11,13,25H2. The zero-order chi connectivity index (χ0) is 26.5. The molecule has 2 nitrogen and oxygen atoms in total. The number of allylic oxidation sites excluding steroid dienone is 13. The molecular weight excluding hydrogens is 504 g/mol. The maximum atomic E-state index is 2.58. The van der Waals surface area contributed by atoms with Gasteiger partial charge in [0.05, 0.1) is 11.4 Å². The van der Waals surface area contributed by atoms with Crippen molar-refractivity contribution in [3.8, 4) is 0 Å². The van der Waals surface area contributed by atoms with Crippen molar-refractivity contribution in [1.29, 1.82) is 0 Å². The average molecular weight is 539 g/mol. The van der Waals surface area contributed by atoms with E-state index in [0.29, 0.717) is 11.8 Å². The lowest BCUT2D eigenvalue weighted by Gasteiger charge is -2.36. The van der Waals surface area contributed by atoms with Crippen LogP contribution < -0.4 is 4.90 Å². The first-order valence-electron chi connectivity index (χ1n) is 14.9. The molecule has 2 unspecified atom stereocenters. The zero-order valence-electron chi connectivity index (χ0n) is 22.8. The van der Waals surface area contributed by atoms with Gasteiger partial charge in [0.2, 0.25) is 0 Å². The van der Waals surface area contributed by atoms with Crippen LogP contribution in [0, 0.1) is 11.8 Å². The first-order chi connectivity index (χ1) is 19.8. The topological polar surface area (TPSA) is 6.48 Å². The van der Waals surface area contributed by atoms with E-state index in [4.69, 9.17) is 0 Å². The summed E-state index contributed by atoms with van der Waals surface area (Å²) in [5, 5.41) is 0. The summed E-state index contributed by atoms with van der Waals surface area (Å²) in [5.41, 5.74) is 11.0. The van der Waals surface area contributed by atoms with E-state index in [1.54, 1.807) is 0 Å². The number of anilines is 2. The van der Waals surface area contributed by atoms with E-state index in [1.165, 1.54) is 61.5 Å². The monoisotopic (exact) mass is 538 g/mol. The van der Waals surface area contributed by atoms with Crippen LogP contribution in [-0.2, 0) is 0 Å². The predicted molar refractivity (Wildman–Crippen MR) is 169 cm³/mol. The fourth-order valence-electron chi connectivity index (χ4n) is 6.86. The molecular formula is C37H34N2S. The number of hydrogen-bond donors (Lipinski definition) is 0. The van der Waals surface area contributed by atoms with Crippen LogP contribution in [0.4, 0.5) is 11.4 Å². The Labute approximate surface area is 242 Å². The molecule has 1 heterocycles. The highest BCUT2D eigenvalue weighted by Crippen LogP contribution is 2.58. The van der Waals surface area contributed by atoms with E-state index in [9.17, 15) is 0 Å². The van der Waals surface area contributed by atoms with Gasteiger partial charge >= 0.3 is 0 Å². The lowest BCUT2D eigenvalue weighted by molar-refractivity contribution is 0.474. The summed E-state index contributed by atoms with van der Waals surface area (Å²) >= 11 is 1.95. The van der Waals surface area contributed by atoms with Crippen molar-refractivity contribution in [3.63, 3.8) is 0 Å². The highest BCUT2D eigenvalue weighted by Gasteiger charge is 2.47. The van der Waals surface area contributed by atoms with Gasteiger partial charge in [-0.1, -0.05) is 78.6 Å². The minimum absolute atomic E-state index is 0.600. The molecule has 40 heavy (non-hydrogen) atoms. The van der Waals surface area contributed by atoms with Gasteiger partial charge in [-0.3, -0.25) is 0 Å². The third-order valence-electron chi connectivity index (χ3n) is 8.87.